The number of fused-ring (bicyclic) bond motifs is 1. The molecule has 10 heteroatoms. The molecule has 3 heterocycles. The molecule has 0 bridgehead atoms. The van der Waals surface area contributed by atoms with Crippen LogP contribution in [0.25, 0.3) is 17.0 Å². The molecule has 180 valence electrons. The number of benzene rings is 2. The number of aromatic nitrogens is 1. The third-order valence-corrected chi connectivity index (χ3v) is 5.64. The van der Waals surface area contributed by atoms with Gasteiger partial charge in [0.05, 0.1) is 12.8 Å². The quantitative estimate of drug-likeness (QED) is 0.319. The highest BCUT2D eigenvalue weighted by atomic mass is 19.1. The van der Waals surface area contributed by atoms with Crippen LogP contribution in [0.1, 0.15) is 11.3 Å². The van der Waals surface area contributed by atoms with E-state index in [9.17, 15) is 23.6 Å². The number of para-hydroxylation sites is 1. The van der Waals surface area contributed by atoms with Crippen molar-refractivity contribution >= 4 is 46.4 Å². The van der Waals surface area contributed by atoms with E-state index < -0.39 is 23.7 Å². The van der Waals surface area contributed by atoms with E-state index in [1.807, 2.05) is 0 Å². The molecule has 36 heavy (non-hydrogen) atoms. The summed E-state index contributed by atoms with van der Waals surface area (Å²) in [5, 5.41) is 5.59. The van der Waals surface area contributed by atoms with E-state index >= 15 is 0 Å². The van der Waals surface area contributed by atoms with Crippen LogP contribution in [0.3, 0.4) is 0 Å². The van der Waals surface area contributed by atoms with Gasteiger partial charge in [0.2, 0.25) is 5.91 Å². The van der Waals surface area contributed by atoms with Crippen molar-refractivity contribution in [3.8, 4) is 0 Å². The number of nitrogens with zero attached hydrogens (tertiary/aromatic N) is 2. The van der Waals surface area contributed by atoms with E-state index in [2.05, 4.69) is 10.6 Å². The molecule has 0 atom stereocenters. The molecule has 1 aliphatic heterocycles. The lowest BCUT2D eigenvalue weighted by Crippen LogP contribution is -2.53. The molecule has 1 saturated heterocycles. The molecule has 1 aliphatic rings. The van der Waals surface area contributed by atoms with Gasteiger partial charge in [0.15, 0.2) is 0 Å². The van der Waals surface area contributed by atoms with Gasteiger partial charge in [-0.1, -0.05) is 18.2 Å². The number of carbonyl (C=O) groups excluding carboxylic acids is 4. The van der Waals surface area contributed by atoms with Crippen LogP contribution in [0, 0.1) is 5.82 Å². The van der Waals surface area contributed by atoms with Crippen molar-refractivity contribution in [3.05, 3.63) is 95.8 Å². The summed E-state index contributed by atoms with van der Waals surface area (Å²) in [7, 11) is 0. The zero-order valence-electron chi connectivity index (χ0n) is 18.7. The first-order valence-corrected chi connectivity index (χ1v) is 10.9. The molecule has 1 fully saturated rings. The minimum atomic E-state index is -0.835. The summed E-state index contributed by atoms with van der Waals surface area (Å²) in [5.41, 5.74) is 1.45. The van der Waals surface area contributed by atoms with Crippen LogP contribution >= 0.6 is 0 Å². The highest BCUT2D eigenvalue weighted by molar-refractivity contribution is 6.31. The van der Waals surface area contributed by atoms with Crippen LogP contribution in [0.5, 0.6) is 0 Å². The van der Waals surface area contributed by atoms with E-state index in [0.29, 0.717) is 27.9 Å². The molecule has 0 unspecified atom stereocenters. The third-order valence-electron chi connectivity index (χ3n) is 5.64. The molecule has 5 rings (SSSR count). The summed E-state index contributed by atoms with van der Waals surface area (Å²) >= 11 is 0. The fourth-order valence-corrected chi connectivity index (χ4v) is 3.96. The zero-order valence-corrected chi connectivity index (χ0v) is 18.7. The zero-order chi connectivity index (χ0) is 25.2. The second-order valence-electron chi connectivity index (χ2n) is 8.07. The largest absolute Gasteiger partial charge is 0.467 e. The summed E-state index contributed by atoms with van der Waals surface area (Å²) in [4.78, 5) is 51.4. The second-order valence-corrected chi connectivity index (χ2v) is 8.07. The topological polar surface area (TPSA) is 114 Å². The summed E-state index contributed by atoms with van der Waals surface area (Å²) in [5.74, 6) is -1.94. The Kier molecular flexibility index (Phi) is 5.91. The first kappa shape index (κ1) is 22.8. The molecule has 0 radical (unpaired) electrons. The fourth-order valence-electron chi connectivity index (χ4n) is 3.96. The summed E-state index contributed by atoms with van der Waals surface area (Å²) in [6, 6.07) is 15.0. The Morgan fingerprint density at radius 1 is 1.03 bits per heavy atom. The maximum atomic E-state index is 13.1. The van der Waals surface area contributed by atoms with Gasteiger partial charge in [-0.3, -0.25) is 24.6 Å². The van der Waals surface area contributed by atoms with Crippen LogP contribution in [-0.2, 0) is 27.5 Å². The van der Waals surface area contributed by atoms with Crippen molar-refractivity contribution in [1.82, 2.24) is 14.8 Å². The van der Waals surface area contributed by atoms with Crippen molar-refractivity contribution in [2.45, 2.75) is 13.1 Å². The van der Waals surface area contributed by atoms with Crippen molar-refractivity contribution in [3.63, 3.8) is 0 Å². The lowest BCUT2D eigenvalue weighted by atomic mass is 10.1. The van der Waals surface area contributed by atoms with Crippen molar-refractivity contribution < 1.29 is 28.0 Å². The molecule has 5 amide bonds. The number of carbonyl (C=O) groups is 4. The lowest BCUT2D eigenvalue weighted by Gasteiger charge is -2.25. The van der Waals surface area contributed by atoms with E-state index in [-0.39, 0.29) is 24.6 Å². The molecule has 9 nitrogen and oxygen atoms in total. The smallest absolute Gasteiger partial charge is 0.331 e. The predicted octanol–water partition coefficient (Wildman–Crippen LogP) is 3.67. The number of hydrogen-bond donors (Lipinski definition) is 2. The highest BCUT2D eigenvalue weighted by Crippen LogP contribution is 2.25. The minimum absolute atomic E-state index is 0.0652. The van der Waals surface area contributed by atoms with Gasteiger partial charge in [-0.25, -0.2) is 9.18 Å². The maximum Gasteiger partial charge on any atom is 0.331 e. The number of imide groups is 2. The van der Waals surface area contributed by atoms with Crippen molar-refractivity contribution in [2.75, 3.05) is 5.32 Å². The number of halogens is 1. The lowest BCUT2D eigenvalue weighted by molar-refractivity contribution is -0.130. The summed E-state index contributed by atoms with van der Waals surface area (Å²) in [6.45, 7) is -0.197. The normalized spacial score (nSPS) is 15.0. The number of hydrogen-bond acceptors (Lipinski definition) is 5. The molecule has 0 aliphatic carbocycles. The van der Waals surface area contributed by atoms with Crippen LogP contribution in [0.4, 0.5) is 14.9 Å². The summed E-state index contributed by atoms with van der Waals surface area (Å²) in [6.07, 6.45) is 4.47. The number of furan rings is 1. The van der Waals surface area contributed by atoms with E-state index in [1.54, 1.807) is 47.2 Å². The molecule has 2 N–H and O–H groups in total. The van der Waals surface area contributed by atoms with Gasteiger partial charge >= 0.3 is 6.03 Å². The van der Waals surface area contributed by atoms with Crippen LogP contribution < -0.4 is 10.6 Å². The summed E-state index contributed by atoms with van der Waals surface area (Å²) < 4.78 is 20.0. The highest BCUT2D eigenvalue weighted by Gasteiger charge is 2.36. The first-order chi connectivity index (χ1) is 17.4. The molecular weight excluding hydrogens is 467 g/mol. The minimum Gasteiger partial charge on any atom is -0.467 e. The molecule has 4 aromatic rings. The first-order valence-electron chi connectivity index (χ1n) is 10.9. The van der Waals surface area contributed by atoms with Crippen LogP contribution in [0.2, 0.25) is 0 Å². The SMILES string of the molecule is O=C(Cn1cc(/C=C2\C(=O)NC(=O)N(Cc3ccco3)C2=O)c2ccccc21)Nc1ccc(F)cc1. The average Bonchev–Trinajstić information content (AvgIpc) is 3.49. The average molecular weight is 486 g/mol. The van der Waals surface area contributed by atoms with Gasteiger partial charge in [0.25, 0.3) is 11.8 Å². The predicted molar refractivity (Wildman–Crippen MR) is 128 cm³/mol. The van der Waals surface area contributed by atoms with E-state index in [4.69, 9.17) is 4.42 Å². The number of urea groups is 1. The fraction of sp³-hybridized carbons (Fsp3) is 0.0769. The Bertz CT molecular complexity index is 1520. The molecule has 0 saturated carbocycles. The van der Waals surface area contributed by atoms with E-state index in [0.717, 1.165) is 4.90 Å². The Morgan fingerprint density at radius 2 is 1.81 bits per heavy atom. The second kappa shape index (κ2) is 9.34. The Hall–Kier alpha value is -4.99. The van der Waals surface area contributed by atoms with Crippen LogP contribution in [-0.4, -0.2) is 33.2 Å². The monoisotopic (exact) mass is 486 g/mol. The van der Waals surface area contributed by atoms with Crippen molar-refractivity contribution in [2.24, 2.45) is 0 Å². The Labute approximate surface area is 203 Å². The maximum absolute atomic E-state index is 13.1. The number of barbiturate groups is 1. The molecule has 0 spiro atoms. The standard InChI is InChI=1S/C26H19FN4O5/c27-17-7-9-18(10-8-17)28-23(32)15-30-13-16(20-5-1-2-6-22(20)30)12-21-24(33)29-26(35)31(25(21)34)14-19-4-3-11-36-19/h1-13H,14-15H2,(H,28,32)(H,29,33,35)/b21-12+. The van der Waals surface area contributed by atoms with Gasteiger partial charge < -0.3 is 14.3 Å². The van der Waals surface area contributed by atoms with E-state index in [1.165, 1.54) is 36.6 Å². The number of amides is 5. The number of nitrogens with one attached hydrogen (secondary N) is 2. The van der Waals surface area contributed by atoms with Gasteiger partial charge in [0.1, 0.15) is 23.7 Å². The Balaban J connectivity index is 1.44. The van der Waals surface area contributed by atoms with Gasteiger partial charge in [-0.05, 0) is 48.5 Å². The van der Waals surface area contributed by atoms with Crippen LogP contribution in [0.15, 0.2) is 83.1 Å². The van der Waals surface area contributed by atoms with Crippen molar-refractivity contribution in [1.29, 1.82) is 0 Å². The van der Waals surface area contributed by atoms with Gasteiger partial charge in [-0.2, -0.15) is 0 Å². The molecular formula is C26H19FN4O5. The van der Waals surface area contributed by atoms with Gasteiger partial charge in [-0.15, -0.1) is 0 Å². The molecule has 2 aromatic heterocycles. The Morgan fingerprint density at radius 3 is 2.56 bits per heavy atom. The molecule has 2 aromatic carbocycles. The van der Waals surface area contributed by atoms with Gasteiger partial charge in [0, 0.05) is 28.4 Å². The number of rotatable bonds is 6. The number of anilines is 1. The third kappa shape index (κ3) is 4.51.